The van der Waals surface area contributed by atoms with E-state index in [2.05, 4.69) is 10.2 Å². The van der Waals surface area contributed by atoms with Gasteiger partial charge in [-0.15, -0.1) is 0 Å². The van der Waals surface area contributed by atoms with Gasteiger partial charge in [0.2, 0.25) is 0 Å². The number of nitrogens with zero attached hydrogens (tertiary/aromatic N) is 2. The van der Waals surface area contributed by atoms with Gasteiger partial charge >= 0.3 is 5.97 Å². The average molecular weight is 155 g/mol. The van der Waals surface area contributed by atoms with E-state index in [1.165, 1.54) is 0 Å². The molecule has 0 atom stereocenters. The lowest BCUT2D eigenvalue weighted by Crippen LogP contribution is -2.24. The van der Waals surface area contributed by atoms with Crippen LogP contribution in [0.5, 0.6) is 0 Å². The minimum Gasteiger partial charge on any atom is -0.480 e. The van der Waals surface area contributed by atoms with Gasteiger partial charge in [-0.1, -0.05) is 0 Å². The summed E-state index contributed by atoms with van der Waals surface area (Å²) < 4.78 is 0. The van der Waals surface area contributed by atoms with Crippen molar-refractivity contribution < 1.29 is 9.90 Å². The van der Waals surface area contributed by atoms with Crippen molar-refractivity contribution in [3.63, 3.8) is 0 Å². The maximum atomic E-state index is 10.2. The van der Waals surface area contributed by atoms with Crippen molar-refractivity contribution in [3.8, 4) is 0 Å². The number of hydrogen-bond acceptors (Lipinski definition) is 3. The molecule has 1 aromatic heterocycles. The summed E-state index contributed by atoms with van der Waals surface area (Å²) in [7, 11) is 1.69. The molecule has 5 heteroatoms. The van der Waals surface area contributed by atoms with Gasteiger partial charge in [0.1, 0.15) is 6.54 Å². The van der Waals surface area contributed by atoms with Crippen molar-refractivity contribution in [1.29, 1.82) is 0 Å². The first-order valence-electron chi connectivity index (χ1n) is 3.12. The van der Waals surface area contributed by atoms with Crippen LogP contribution in [0.2, 0.25) is 0 Å². The van der Waals surface area contributed by atoms with E-state index < -0.39 is 5.97 Å². The Morgan fingerprint density at radius 1 is 1.91 bits per heavy atom. The fraction of sp³-hybridized carbons (Fsp3) is 0.333. The molecule has 0 saturated heterocycles. The van der Waals surface area contributed by atoms with Crippen molar-refractivity contribution in [1.82, 2.24) is 10.2 Å². The Balaban J connectivity index is 2.56. The number of likely N-dealkylation sites (N-methyl/N-ethyl adjacent to an activating group) is 1. The zero-order chi connectivity index (χ0) is 8.27. The highest BCUT2D eigenvalue weighted by Crippen LogP contribution is 2.06. The van der Waals surface area contributed by atoms with Crippen LogP contribution < -0.4 is 4.90 Å². The zero-order valence-electron chi connectivity index (χ0n) is 6.11. The molecule has 11 heavy (non-hydrogen) atoms. The lowest BCUT2D eigenvalue weighted by Gasteiger charge is -2.12. The Morgan fingerprint density at radius 3 is 3.09 bits per heavy atom. The molecule has 1 aromatic rings. The van der Waals surface area contributed by atoms with Crippen LogP contribution in [-0.2, 0) is 4.79 Å². The number of rotatable bonds is 3. The second-order valence-corrected chi connectivity index (χ2v) is 2.21. The van der Waals surface area contributed by atoms with Gasteiger partial charge in [-0.25, -0.2) is 0 Å². The molecule has 0 aliphatic heterocycles. The molecule has 0 spiro atoms. The van der Waals surface area contributed by atoms with E-state index in [1.54, 1.807) is 24.3 Å². The lowest BCUT2D eigenvalue weighted by molar-refractivity contribution is -0.135. The summed E-state index contributed by atoms with van der Waals surface area (Å²) in [6.07, 6.45) is 3.21. The summed E-state index contributed by atoms with van der Waals surface area (Å²) in [5.74, 6) is -0.853. The molecule has 0 radical (unpaired) electrons. The molecule has 0 aromatic carbocycles. The fourth-order valence-electron chi connectivity index (χ4n) is 0.747. The highest BCUT2D eigenvalue weighted by atomic mass is 16.4. The molecular weight excluding hydrogens is 146 g/mol. The number of anilines is 1. The molecule has 0 unspecified atom stereocenters. The van der Waals surface area contributed by atoms with E-state index in [0.717, 1.165) is 5.69 Å². The first kappa shape index (κ1) is 7.59. The van der Waals surface area contributed by atoms with Gasteiger partial charge < -0.3 is 10.0 Å². The predicted molar refractivity (Wildman–Crippen MR) is 39.5 cm³/mol. The molecule has 0 aliphatic carbocycles. The number of aliphatic carboxylic acids is 1. The standard InChI is InChI=1S/C6H9N3O2/c1-9(4-6(10)11)5-2-7-8-3-5/h2-3H,4H2,1H3,(H,7,8)(H,10,11). The van der Waals surface area contributed by atoms with Gasteiger partial charge in [-0.3, -0.25) is 9.89 Å². The molecule has 0 fully saturated rings. The topological polar surface area (TPSA) is 69.2 Å². The number of nitrogens with one attached hydrogen (secondary N) is 1. The second-order valence-electron chi connectivity index (χ2n) is 2.21. The van der Waals surface area contributed by atoms with E-state index in [9.17, 15) is 4.79 Å². The van der Waals surface area contributed by atoms with E-state index in [1.807, 2.05) is 0 Å². The van der Waals surface area contributed by atoms with E-state index in [4.69, 9.17) is 5.11 Å². The third-order valence-electron chi connectivity index (χ3n) is 1.30. The van der Waals surface area contributed by atoms with E-state index in [0.29, 0.717) is 0 Å². The average Bonchev–Trinajstić information content (AvgIpc) is 2.35. The highest BCUT2D eigenvalue weighted by Gasteiger charge is 2.04. The minimum absolute atomic E-state index is 0.0144. The molecule has 2 N–H and O–H groups in total. The van der Waals surface area contributed by atoms with E-state index >= 15 is 0 Å². The fourth-order valence-corrected chi connectivity index (χ4v) is 0.747. The van der Waals surface area contributed by atoms with Crippen LogP contribution in [0.3, 0.4) is 0 Å². The highest BCUT2D eigenvalue weighted by molar-refractivity contribution is 5.73. The molecule has 0 bridgehead atoms. The summed E-state index contributed by atoms with van der Waals surface area (Å²) in [5, 5.41) is 14.7. The molecular formula is C6H9N3O2. The van der Waals surface area contributed by atoms with E-state index in [-0.39, 0.29) is 6.54 Å². The Hall–Kier alpha value is -1.52. The van der Waals surface area contributed by atoms with Crippen LogP contribution in [0.25, 0.3) is 0 Å². The molecule has 1 rings (SSSR count). The Labute approximate surface area is 63.6 Å². The van der Waals surface area contributed by atoms with Crippen LogP contribution in [0.4, 0.5) is 5.69 Å². The minimum atomic E-state index is -0.853. The lowest BCUT2D eigenvalue weighted by atomic mass is 10.5. The molecule has 0 saturated carbocycles. The summed E-state index contributed by atoms with van der Waals surface area (Å²) >= 11 is 0. The molecule has 1 heterocycles. The first-order valence-corrected chi connectivity index (χ1v) is 3.12. The molecule has 5 nitrogen and oxygen atoms in total. The summed E-state index contributed by atoms with van der Waals surface area (Å²) in [6.45, 7) is -0.0144. The maximum absolute atomic E-state index is 10.2. The predicted octanol–water partition coefficient (Wildman–Crippen LogP) is -0.0695. The number of aromatic amines is 1. The van der Waals surface area contributed by atoms with Gasteiger partial charge in [-0.2, -0.15) is 5.10 Å². The number of carbonyl (C=O) groups is 1. The normalized spacial score (nSPS) is 9.55. The number of carboxylic acids is 1. The number of carboxylic acid groups (broad SMARTS) is 1. The van der Waals surface area contributed by atoms with Gasteiger partial charge in [0, 0.05) is 13.2 Å². The monoisotopic (exact) mass is 155 g/mol. The van der Waals surface area contributed by atoms with Crippen LogP contribution in [0, 0.1) is 0 Å². The largest absolute Gasteiger partial charge is 0.480 e. The van der Waals surface area contributed by atoms with Crippen molar-refractivity contribution >= 4 is 11.7 Å². The van der Waals surface area contributed by atoms with Crippen molar-refractivity contribution in [2.45, 2.75) is 0 Å². The first-order chi connectivity index (χ1) is 5.20. The third kappa shape index (κ3) is 1.96. The van der Waals surface area contributed by atoms with Gasteiger partial charge in [0.25, 0.3) is 0 Å². The molecule has 60 valence electrons. The SMILES string of the molecule is CN(CC(=O)O)c1cn[nH]c1. The maximum Gasteiger partial charge on any atom is 0.323 e. The third-order valence-corrected chi connectivity index (χ3v) is 1.30. The number of H-pyrrole nitrogens is 1. The van der Waals surface area contributed by atoms with Gasteiger partial charge in [-0.05, 0) is 0 Å². The Kier molecular flexibility index (Phi) is 2.10. The number of aromatic nitrogens is 2. The summed E-state index contributed by atoms with van der Waals surface area (Å²) in [6, 6.07) is 0. The molecule has 0 amide bonds. The van der Waals surface area contributed by atoms with Crippen molar-refractivity contribution in [2.75, 3.05) is 18.5 Å². The van der Waals surface area contributed by atoms with Crippen LogP contribution in [-0.4, -0.2) is 34.9 Å². The summed E-state index contributed by atoms with van der Waals surface area (Å²) in [4.78, 5) is 11.8. The molecule has 0 aliphatic rings. The Morgan fingerprint density at radius 2 is 2.64 bits per heavy atom. The van der Waals surface area contributed by atoms with Gasteiger partial charge in [0.05, 0.1) is 11.9 Å². The number of hydrogen-bond donors (Lipinski definition) is 2. The van der Waals surface area contributed by atoms with Crippen LogP contribution in [0.15, 0.2) is 12.4 Å². The second kappa shape index (κ2) is 3.05. The summed E-state index contributed by atoms with van der Waals surface area (Å²) in [5.41, 5.74) is 0.771. The zero-order valence-corrected chi connectivity index (χ0v) is 6.11. The quantitative estimate of drug-likeness (QED) is 0.641. The van der Waals surface area contributed by atoms with Crippen LogP contribution >= 0.6 is 0 Å². The Bertz CT molecular complexity index is 232. The van der Waals surface area contributed by atoms with Crippen LogP contribution in [0.1, 0.15) is 0 Å². The van der Waals surface area contributed by atoms with Crippen molar-refractivity contribution in [2.24, 2.45) is 0 Å². The smallest absolute Gasteiger partial charge is 0.323 e. The van der Waals surface area contributed by atoms with Crippen molar-refractivity contribution in [3.05, 3.63) is 12.4 Å². The van der Waals surface area contributed by atoms with Gasteiger partial charge in [0.15, 0.2) is 0 Å².